The minimum absolute atomic E-state index is 0.0836. The van der Waals surface area contributed by atoms with Gasteiger partial charge < -0.3 is 5.32 Å². The van der Waals surface area contributed by atoms with Gasteiger partial charge in [-0.1, -0.05) is 42.5 Å². The van der Waals surface area contributed by atoms with E-state index in [0.717, 1.165) is 38.5 Å². The van der Waals surface area contributed by atoms with Gasteiger partial charge >= 0.3 is 0 Å². The molecule has 2 aliphatic rings. The SMILES string of the molecule is O=C1C2=C(Nc3ccccc3S[C@H]2c2cccnc2)c2ccccc21. The molecule has 0 amide bonds. The van der Waals surface area contributed by atoms with Crippen molar-refractivity contribution < 1.29 is 4.79 Å². The Morgan fingerprint density at radius 3 is 2.56 bits per heavy atom. The number of anilines is 1. The first kappa shape index (κ1) is 14.5. The number of nitrogens with zero attached hydrogens (tertiary/aromatic N) is 1. The average Bonchev–Trinajstić information content (AvgIpc) is 2.84. The first-order valence-corrected chi connectivity index (χ1v) is 9.02. The molecule has 1 aromatic heterocycles. The van der Waals surface area contributed by atoms with Gasteiger partial charge in [-0.2, -0.15) is 0 Å². The lowest BCUT2D eigenvalue weighted by Gasteiger charge is -2.16. The zero-order valence-electron chi connectivity index (χ0n) is 13.3. The molecule has 0 bridgehead atoms. The molecule has 1 atom stereocenters. The van der Waals surface area contributed by atoms with Crippen LogP contribution in [0.1, 0.15) is 26.7 Å². The van der Waals surface area contributed by atoms with Crippen molar-refractivity contribution in [2.75, 3.05) is 5.32 Å². The minimum Gasteiger partial charge on any atom is -0.354 e. The third-order valence-electron chi connectivity index (χ3n) is 4.60. The molecule has 2 aromatic carbocycles. The summed E-state index contributed by atoms with van der Waals surface area (Å²) in [6, 6.07) is 20.0. The van der Waals surface area contributed by atoms with E-state index in [4.69, 9.17) is 0 Å². The number of Topliss-reactive ketones (excluding diaryl/α,β-unsaturated/α-hetero) is 1. The van der Waals surface area contributed by atoms with E-state index in [9.17, 15) is 4.79 Å². The minimum atomic E-state index is -0.0836. The largest absolute Gasteiger partial charge is 0.354 e. The van der Waals surface area contributed by atoms with Gasteiger partial charge in [-0.15, -0.1) is 11.8 Å². The smallest absolute Gasteiger partial charge is 0.193 e. The summed E-state index contributed by atoms with van der Waals surface area (Å²) in [5.41, 5.74) is 5.57. The fourth-order valence-corrected chi connectivity index (χ4v) is 4.72. The Morgan fingerprint density at radius 2 is 1.72 bits per heavy atom. The predicted molar refractivity (Wildman–Crippen MR) is 101 cm³/mol. The van der Waals surface area contributed by atoms with Gasteiger partial charge in [0.15, 0.2) is 5.78 Å². The second-order valence-corrected chi connectivity index (χ2v) is 7.22. The molecule has 3 aromatic rings. The highest BCUT2D eigenvalue weighted by Crippen LogP contribution is 2.52. The van der Waals surface area contributed by atoms with Crippen molar-refractivity contribution >= 4 is 28.9 Å². The van der Waals surface area contributed by atoms with E-state index in [1.807, 2.05) is 54.7 Å². The van der Waals surface area contributed by atoms with Crippen LogP contribution in [0.5, 0.6) is 0 Å². The van der Waals surface area contributed by atoms with E-state index < -0.39 is 0 Å². The highest BCUT2D eigenvalue weighted by Gasteiger charge is 2.38. The lowest BCUT2D eigenvalue weighted by atomic mass is 10.0. The third-order valence-corrected chi connectivity index (χ3v) is 5.95. The van der Waals surface area contributed by atoms with Crippen molar-refractivity contribution in [1.29, 1.82) is 0 Å². The zero-order valence-corrected chi connectivity index (χ0v) is 14.1. The Kier molecular flexibility index (Phi) is 3.25. The molecule has 0 fully saturated rings. The summed E-state index contributed by atoms with van der Waals surface area (Å²) < 4.78 is 0. The first-order chi connectivity index (χ1) is 12.3. The first-order valence-electron chi connectivity index (χ1n) is 8.14. The summed E-state index contributed by atoms with van der Waals surface area (Å²) in [7, 11) is 0. The standard InChI is InChI=1S/C21H14N2OS/c24-20-15-8-2-1-7-14(15)19-18(20)21(13-6-5-11-22-12-13)25-17-10-4-3-9-16(17)23-19/h1-12,21,23H/t21-/m0/s1. The number of pyridine rings is 1. The summed E-state index contributed by atoms with van der Waals surface area (Å²) in [5, 5.41) is 3.44. The number of carbonyl (C=O) groups is 1. The summed E-state index contributed by atoms with van der Waals surface area (Å²) >= 11 is 1.70. The van der Waals surface area contributed by atoms with Crippen LogP contribution in [0.25, 0.3) is 5.70 Å². The lowest BCUT2D eigenvalue weighted by molar-refractivity contribution is 0.103. The van der Waals surface area contributed by atoms with Crippen molar-refractivity contribution in [2.24, 2.45) is 0 Å². The van der Waals surface area contributed by atoms with E-state index in [2.05, 4.69) is 22.4 Å². The van der Waals surface area contributed by atoms with Crippen LogP contribution in [0.3, 0.4) is 0 Å². The maximum atomic E-state index is 13.2. The van der Waals surface area contributed by atoms with Crippen LogP contribution >= 0.6 is 11.8 Å². The Bertz CT molecular complexity index is 1030. The number of para-hydroxylation sites is 1. The number of nitrogens with one attached hydrogen (secondary N) is 1. The molecule has 0 unspecified atom stereocenters. The summed E-state index contributed by atoms with van der Waals surface area (Å²) in [4.78, 5) is 18.6. The zero-order chi connectivity index (χ0) is 16.8. The molecule has 5 rings (SSSR count). The van der Waals surface area contributed by atoms with Crippen LogP contribution in [-0.2, 0) is 0 Å². The van der Waals surface area contributed by atoms with Crippen LogP contribution in [0.15, 0.2) is 83.5 Å². The molecule has 120 valence electrons. The summed E-state index contributed by atoms with van der Waals surface area (Å²) in [5.74, 6) is 0.104. The monoisotopic (exact) mass is 342 g/mol. The van der Waals surface area contributed by atoms with Gasteiger partial charge in [0.2, 0.25) is 0 Å². The molecule has 4 heteroatoms. The Labute approximate surface area is 149 Å². The maximum absolute atomic E-state index is 13.2. The maximum Gasteiger partial charge on any atom is 0.193 e. The number of fused-ring (bicyclic) bond motifs is 3. The van der Waals surface area contributed by atoms with Crippen LogP contribution in [0.2, 0.25) is 0 Å². The van der Waals surface area contributed by atoms with Crippen LogP contribution in [-0.4, -0.2) is 10.8 Å². The number of ketones is 1. The van der Waals surface area contributed by atoms with Gasteiger partial charge in [0.1, 0.15) is 0 Å². The number of hydrogen-bond acceptors (Lipinski definition) is 4. The topological polar surface area (TPSA) is 42.0 Å². The lowest BCUT2D eigenvalue weighted by Crippen LogP contribution is -2.07. The number of benzene rings is 2. The number of rotatable bonds is 1. The van der Waals surface area contributed by atoms with E-state index >= 15 is 0 Å². The van der Waals surface area contributed by atoms with Crippen molar-refractivity contribution in [3.8, 4) is 0 Å². The predicted octanol–water partition coefficient (Wildman–Crippen LogP) is 4.95. The molecule has 3 nitrogen and oxygen atoms in total. The molecule has 0 radical (unpaired) electrons. The van der Waals surface area contributed by atoms with E-state index in [1.54, 1.807) is 18.0 Å². The van der Waals surface area contributed by atoms with Gasteiger partial charge in [0.05, 0.1) is 16.6 Å². The second-order valence-electron chi connectivity index (χ2n) is 6.07. The van der Waals surface area contributed by atoms with E-state index in [0.29, 0.717) is 0 Å². The average molecular weight is 342 g/mol. The number of aromatic nitrogens is 1. The molecule has 1 aliphatic heterocycles. The molecule has 0 spiro atoms. The molecular weight excluding hydrogens is 328 g/mol. The highest BCUT2D eigenvalue weighted by atomic mass is 32.2. The summed E-state index contributed by atoms with van der Waals surface area (Å²) in [6.45, 7) is 0. The van der Waals surface area contributed by atoms with E-state index in [-0.39, 0.29) is 11.0 Å². The summed E-state index contributed by atoms with van der Waals surface area (Å²) in [6.07, 6.45) is 3.62. The van der Waals surface area contributed by atoms with Crippen LogP contribution < -0.4 is 5.32 Å². The van der Waals surface area contributed by atoms with Crippen LogP contribution in [0.4, 0.5) is 5.69 Å². The normalized spacial score (nSPS) is 18.1. The highest BCUT2D eigenvalue weighted by molar-refractivity contribution is 8.00. The number of carbonyl (C=O) groups excluding carboxylic acids is 1. The molecule has 0 saturated heterocycles. The third kappa shape index (κ3) is 2.22. The van der Waals surface area contributed by atoms with Crippen molar-refractivity contribution in [2.45, 2.75) is 10.1 Å². The van der Waals surface area contributed by atoms with Gasteiger partial charge in [-0.3, -0.25) is 9.78 Å². The number of hydrogen-bond donors (Lipinski definition) is 1. The quantitative estimate of drug-likeness (QED) is 0.679. The number of thioether (sulfide) groups is 1. The van der Waals surface area contributed by atoms with Gasteiger partial charge in [-0.25, -0.2) is 0 Å². The Balaban J connectivity index is 1.76. The van der Waals surface area contributed by atoms with Gasteiger partial charge in [0.25, 0.3) is 0 Å². The Morgan fingerprint density at radius 1 is 0.920 bits per heavy atom. The molecule has 1 aliphatic carbocycles. The van der Waals surface area contributed by atoms with Crippen molar-refractivity contribution in [3.63, 3.8) is 0 Å². The van der Waals surface area contributed by atoms with Gasteiger partial charge in [-0.05, 0) is 23.8 Å². The molecular formula is C21H14N2OS. The fourth-order valence-electron chi connectivity index (χ4n) is 3.45. The fraction of sp³-hybridized carbons (Fsp3) is 0.0476. The van der Waals surface area contributed by atoms with Crippen LogP contribution in [0, 0.1) is 0 Å². The van der Waals surface area contributed by atoms with Crippen molar-refractivity contribution in [3.05, 3.63) is 95.3 Å². The van der Waals surface area contributed by atoms with E-state index in [1.165, 1.54) is 0 Å². The second kappa shape index (κ2) is 5.60. The molecule has 1 N–H and O–H groups in total. The molecule has 0 saturated carbocycles. The van der Waals surface area contributed by atoms with Gasteiger partial charge in [0, 0.05) is 34.0 Å². The molecule has 25 heavy (non-hydrogen) atoms. The van der Waals surface area contributed by atoms with Crippen molar-refractivity contribution in [1.82, 2.24) is 4.98 Å². The molecule has 2 heterocycles. The Hall–Kier alpha value is -2.85.